The molecule has 0 aliphatic carbocycles. The Morgan fingerprint density at radius 2 is 1.55 bits per heavy atom. The molecule has 2 fully saturated rings. The van der Waals surface area contributed by atoms with Crippen molar-refractivity contribution in [3.05, 3.63) is 0 Å². The highest BCUT2D eigenvalue weighted by Gasteiger charge is 2.42. The normalized spacial score (nSPS) is 22.2. The molecule has 0 aromatic rings. The summed E-state index contributed by atoms with van der Waals surface area (Å²) in [5.41, 5.74) is -0.315. The molecule has 0 atom stereocenters. The van der Waals surface area contributed by atoms with E-state index in [1.807, 2.05) is 20.8 Å². The Labute approximate surface area is 125 Å². The number of hydrogen-bond donors (Lipinski definition) is 0. The van der Waals surface area contributed by atoms with E-state index in [1.165, 1.54) is 0 Å². The number of amides is 2. The fraction of sp³-hybridized carbons (Fsp3) is 0.857. The fourth-order valence-corrected chi connectivity index (χ4v) is 3.13. The molecule has 20 heavy (non-hydrogen) atoms. The zero-order valence-electron chi connectivity index (χ0n) is 12.4. The van der Waals surface area contributed by atoms with Crippen molar-refractivity contribution in [1.29, 1.82) is 0 Å². The topological polar surface area (TPSA) is 49.9 Å². The maximum absolute atomic E-state index is 12.0. The lowest BCUT2D eigenvalue weighted by molar-refractivity contribution is 0.0113. The molecule has 1 spiro atoms. The van der Waals surface area contributed by atoms with Gasteiger partial charge in [-0.25, -0.2) is 4.79 Å². The third kappa shape index (κ3) is 3.57. The van der Waals surface area contributed by atoms with Crippen molar-refractivity contribution in [1.82, 2.24) is 9.80 Å². The van der Waals surface area contributed by atoms with Gasteiger partial charge in [-0.3, -0.25) is 4.79 Å². The van der Waals surface area contributed by atoms with Crippen LogP contribution < -0.4 is 0 Å². The number of hydrogen-bond acceptors (Lipinski definition) is 3. The Bertz CT molecular complexity index is 398. The van der Waals surface area contributed by atoms with Crippen LogP contribution in [0.25, 0.3) is 0 Å². The average molecular weight is 303 g/mol. The quantitative estimate of drug-likeness (QED) is 0.510. The first-order chi connectivity index (χ1) is 9.21. The van der Waals surface area contributed by atoms with Crippen LogP contribution in [0.1, 0.15) is 40.0 Å². The van der Waals surface area contributed by atoms with E-state index in [2.05, 4.69) is 0 Å². The van der Waals surface area contributed by atoms with Crippen LogP contribution in [0.4, 0.5) is 9.59 Å². The Morgan fingerprint density at radius 1 is 1.05 bits per heavy atom. The molecule has 5 nitrogen and oxygen atoms in total. The summed E-state index contributed by atoms with van der Waals surface area (Å²) in [7, 11) is 0. The summed E-state index contributed by atoms with van der Waals surface area (Å²) in [6.45, 7) is 8.45. The largest absolute Gasteiger partial charge is 0.444 e. The van der Waals surface area contributed by atoms with E-state index >= 15 is 0 Å². The minimum atomic E-state index is -0.457. The van der Waals surface area contributed by atoms with Crippen LogP contribution in [0.5, 0.6) is 0 Å². The van der Waals surface area contributed by atoms with Crippen LogP contribution in [0.3, 0.4) is 0 Å². The molecule has 6 heteroatoms. The molecule has 0 unspecified atom stereocenters. The summed E-state index contributed by atoms with van der Waals surface area (Å²) in [6, 6.07) is 0. The van der Waals surface area contributed by atoms with E-state index in [0.29, 0.717) is 13.1 Å². The van der Waals surface area contributed by atoms with Gasteiger partial charge < -0.3 is 14.5 Å². The van der Waals surface area contributed by atoms with Gasteiger partial charge in [0.25, 0.3) is 0 Å². The lowest BCUT2D eigenvalue weighted by atomic mass is 9.78. The molecule has 2 amide bonds. The van der Waals surface area contributed by atoms with Crippen LogP contribution in [0, 0.1) is 5.41 Å². The molecule has 0 saturated carbocycles. The van der Waals surface area contributed by atoms with Crippen LogP contribution >= 0.6 is 11.6 Å². The van der Waals surface area contributed by atoms with Gasteiger partial charge in [-0.15, -0.1) is 0 Å². The van der Waals surface area contributed by atoms with Gasteiger partial charge in [0.15, 0.2) is 0 Å². The molecule has 2 aliphatic rings. The zero-order chi connectivity index (χ0) is 15.0. The molecule has 0 aromatic heterocycles. The van der Waals surface area contributed by atoms with Crippen LogP contribution in [-0.4, -0.2) is 53.0 Å². The highest BCUT2D eigenvalue weighted by molar-refractivity contribution is 6.62. The molecule has 2 aliphatic heterocycles. The lowest BCUT2D eigenvalue weighted by Gasteiger charge is -2.39. The van der Waals surface area contributed by atoms with Crippen molar-refractivity contribution in [3.8, 4) is 0 Å². The second-order valence-corrected chi connectivity index (χ2v) is 7.22. The zero-order valence-corrected chi connectivity index (χ0v) is 13.2. The summed E-state index contributed by atoms with van der Waals surface area (Å²) in [6.07, 6.45) is 2.56. The number of nitrogens with zero attached hydrogens (tertiary/aromatic N) is 2. The van der Waals surface area contributed by atoms with Crippen LogP contribution in [-0.2, 0) is 4.74 Å². The van der Waals surface area contributed by atoms with Crippen molar-refractivity contribution < 1.29 is 14.3 Å². The minimum Gasteiger partial charge on any atom is -0.444 e. The summed E-state index contributed by atoms with van der Waals surface area (Å²) in [5.74, 6) is 0. The van der Waals surface area contributed by atoms with Gasteiger partial charge in [0.2, 0.25) is 0 Å². The molecular weight excluding hydrogens is 280 g/mol. The van der Waals surface area contributed by atoms with Crippen molar-refractivity contribution in [2.24, 2.45) is 5.41 Å². The van der Waals surface area contributed by atoms with E-state index in [1.54, 1.807) is 9.80 Å². The Morgan fingerprint density at radius 3 is 1.95 bits per heavy atom. The number of piperidine rings is 1. The smallest absolute Gasteiger partial charge is 0.410 e. The SMILES string of the molecule is CC(C)(C)OC(=O)N1CCC2(CCN(C(=O)Cl)C2)CC1. The average Bonchev–Trinajstić information content (AvgIpc) is 2.72. The molecule has 0 N–H and O–H groups in total. The fourth-order valence-electron chi connectivity index (χ4n) is 2.98. The van der Waals surface area contributed by atoms with Gasteiger partial charge in [-0.1, -0.05) is 0 Å². The Kier molecular flexibility index (Phi) is 4.19. The maximum Gasteiger partial charge on any atom is 0.410 e. The standard InChI is InChI=1S/C14H23ClN2O3/c1-13(2,3)20-12(19)16-7-4-14(5-8-16)6-9-17(10-14)11(15)18/h4-10H2,1-3H3. The molecule has 0 bridgehead atoms. The van der Waals surface area contributed by atoms with Gasteiger partial charge in [0.05, 0.1) is 0 Å². The third-order valence-electron chi connectivity index (χ3n) is 4.16. The van der Waals surface area contributed by atoms with Crippen LogP contribution in [0.15, 0.2) is 0 Å². The first-order valence-electron chi connectivity index (χ1n) is 7.13. The number of carbonyl (C=O) groups excluding carboxylic acids is 2. The second kappa shape index (κ2) is 5.43. The van der Waals surface area contributed by atoms with Crippen molar-refractivity contribution in [3.63, 3.8) is 0 Å². The van der Waals surface area contributed by atoms with Gasteiger partial charge in [0, 0.05) is 26.2 Å². The minimum absolute atomic E-state index is 0.142. The van der Waals surface area contributed by atoms with Gasteiger partial charge in [-0.05, 0) is 57.0 Å². The van der Waals surface area contributed by atoms with E-state index < -0.39 is 5.60 Å². The van der Waals surface area contributed by atoms with Crippen LogP contribution in [0.2, 0.25) is 0 Å². The molecule has 0 radical (unpaired) electrons. The highest BCUT2D eigenvalue weighted by Crippen LogP contribution is 2.40. The van der Waals surface area contributed by atoms with E-state index in [9.17, 15) is 9.59 Å². The van der Waals surface area contributed by atoms with Crippen molar-refractivity contribution >= 4 is 23.1 Å². The van der Waals surface area contributed by atoms with E-state index in [-0.39, 0.29) is 16.9 Å². The maximum atomic E-state index is 12.0. The molecule has 2 rings (SSSR count). The van der Waals surface area contributed by atoms with Gasteiger partial charge >= 0.3 is 11.5 Å². The Hall–Kier alpha value is -0.970. The molecular formula is C14H23ClN2O3. The number of likely N-dealkylation sites (tertiary alicyclic amines) is 2. The number of halogens is 1. The number of rotatable bonds is 0. The van der Waals surface area contributed by atoms with E-state index in [0.717, 1.165) is 32.4 Å². The first-order valence-corrected chi connectivity index (χ1v) is 7.51. The van der Waals surface area contributed by atoms with E-state index in [4.69, 9.17) is 16.3 Å². The first kappa shape index (κ1) is 15.4. The summed E-state index contributed by atoms with van der Waals surface area (Å²) in [4.78, 5) is 26.7. The molecule has 2 heterocycles. The molecule has 114 valence electrons. The second-order valence-electron chi connectivity index (χ2n) is 6.89. The molecule has 0 aromatic carbocycles. The Balaban J connectivity index is 1.87. The summed E-state index contributed by atoms with van der Waals surface area (Å²) in [5, 5.41) is -0.364. The van der Waals surface area contributed by atoms with Gasteiger partial charge in [-0.2, -0.15) is 0 Å². The third-order valence-corrected chi connectivity index (χ3v) is 4.40. The molecule has 2 saturated heterocycles. The van der Waals surface area contributed by atoms with Gasteiger partial charge in [0.1, 0.15) is 5.60 Å². The predicted octanol–water partition coefficient (Wildman–Crippen LogP) is 3.07. The van der Waals surface area contributed by atoms with Crippen molar-refractivity contribution in [2.75, 3.05) is 26.2 Å². The number of ether oxygens (including phenoxy) is 1. The summed E-state index contributed by atoms with van der Waals surface area (Å²) >= 11 is 5.54. The lowest BCUT2D eigenvalue weighted by Crippen LogP contribution is -2.46. The van der Waals surface area contributed by atoms with Crippen molar-refractivity contribution in [2.45, 2.75) is 45.6 Å². The number of carbonyl (C=O) groups is 2. The highest BCUT2D eigenvalue weighted by atomic mass is 35.5. The monoisotopic (exact) mass is 302 g/mol. The predicted molar refractivity (Wildman–Crippen MR) is 76.9 cm³/mol. The summed E-state index contributed by atoms with van der Waals surface area (Å²) < 4.78 is 5.39.